The Morgan fingerprint density at radius 1 is 0.893 bits per heavy atom. The Balaban J connectivity index is 1.19. The van der Waals surface area contributed by atoms with E-state index in [0.29, 0.717) is 61.3 Å². The number of carbonyl (C=O) groups is 1. The zero-order chi connectivity index (χ0) is 39.9. The van der Waals surface area contributed by atoms with Crippen molar-refractivity contribution in [3.05, 3.63) is 94.5 Å². The molecule has 0 radical (unpaired) electrons. The highest BCUT2D eigenvalue weighted by Gasteiger charge is 2.37. The van der Waals surface area contributed by atoms with Gasteiger partial charge in [-0.2, -0.15) is 18.2 Å². The molecular weight excluding hydrogens is 723 g/mol. The number of ether oxygens (including phenoxy) is 3. The number of carbonyl (C=O) groups excluding carboxylic acids is 1. The number of para-hydroxylation sites is 1. The molecule has 56 heavy (non-hydrogen) atoms. The maximum absolute atomic E-state index is 14.8. The van der Waals surface area contributed by atoms with Gasteiger partial charge in [-0.05, 0) is 84.2 Å². The summed E-state index contributed by atoms with van der Waals surface area (Å²) >= 11 is 0. The van der Waals surface area contributed by atoms with E-state index in [9.17, 15) is 18.0 Å². The van der Waals surface area contributed by atoms with E-state index < -0.39 is 11.7 Å². The third-order valence-corrected chi connectivity index (χ3v) is 11.1. The summed E-state index contributed by atoms with van der Waals surface area (Å²) in [7, 11) is 4.77. The molecule has 2 aliphatic rings. The van der Waals surface area contributed by atoms with Gasteiger partial charge in [-0.1, -0.05) is 56.3 Å². The maximum atomic E-state index is 14.8. The highest BCUT2D eigenvalue weighted by molar-refractivity contribution is 6.09. The molecule has 5 aromatic rings. The van der Waals surface area contributed by atoms with E-state index in [2.05, 4.69) is 41.9 Å². The summed E-state index contributed by atoms with van der Waals surface area (Å²) < 4.78 is 62.4. The molecule has 1 aliphatic carbocycles. The molecule has 13 heteroatoms. The number of rotatable bonds is 8. The molecule has 3 aromatic carbocycles. The van der Waals surface area contributed by atoms with Crippen molar-refractivity contribution in [1.82, 2.24) is 24.9 Å². The van der Waals surface area contributed by atoms with Crippen LogP contribution in [-0.2, 0) is 12.6 Å². The molecular formula is C43H46F3N5O5. The van der Waals surface area contributed by atoms with Gasteiger partial charge in [0, 0.05) is 37.1 Å². The number of hydrogen-bond donors (Lipinski definition) is 0. The van der Waals surface area contributed by atoms with Crippen molar-refractivity contribution in [2.75, 3.05) is 47.5 Å². The normalized spacial score (nSPS) is 17.9. The van der Waals surface area contributed by atoms with Crippen LogP contribution in [0.1, 0.15) is 78.8 Å². The molecule has 7 rings (SSSR count). The zero-order valence-corrected chi connectivity index (χ0v) is 32.7. The first-order valence-electron chi connectivity index (χ1n) is 18.7. The molecule has 294 valence electrons. The number of pyridine rings is 1. The molecule has 3 heterocycles. The van der Waals surface area contributed by atoms with Gasteiger partial charge >= 0.3 is 6.18 Å². The first kappa shape index (κ1) is 38.8. The fraction of sp³-hybridized carbons (Fsp3) is 0.395. The Morgan fingerprint density at radius 2 is 1.59 bits per heavy atom. The first-order chi connectivity index (χ1) is 26.7. The second-order valence-electron chi connectivity index (χ2n) is 15.5. The average Bonchev–Trinajstić information content (AvgIpc) is 3.69. The number of fused-ring (bicyclic) bond motifs is 2. The minimum absolute atomic E-state index is 0.0431. The fourth-order valence-electron chi connectivity index (χ4n) is 7.75. The second kappa shape index (κ2) is 15.2. The van der Waals surface area contributed by atoms with E-state index >= 15 is 0 Å². The Labute approximate surface area is 324 Å². The van der Waals surface area contributed by atoms with E-state index in [-0.39, 0.29) is 34.7 Å². The Morgan fingerprint density at radius 3 is 2.23 bits per heavy atom. The van der Waals surface area contributed by atoms with Crippen LogP contribution < -0.4 is 14.2 Å². The number of allylic oxidation sites excluding steroid dienone is 1. The van der Waals surface area contributed by atoms with Crippen LogP contribution in [0.5, 0.6) is 17.2 Å². The molecule has 0 N–H and O–H groups in total. The zero-order valence-electron chi connectivity index (χ0n) is 32.7. The van der Waals surface area contributed by atoms with Crippen LogP contribution in [-0.4, -0.2) is 78.3 Å². The van der Waals surface area contributed by atoms with Gasteiger partial charge in [0.15, 0.2) is 11.5 Å². The van der Waals surface area contributed by atoms with Gasteiger partial charge in [0.1, 0.15) is 0 Å². The predicted molar refractivity (Wildman–Crippen MR) is 208 cm³/mol. The van der Waals surface area contributed by atoms with Crippen LogP contribution in [0.15, 0.2) is 65.2 Å². The van der Waals surface area contributed by atoms with Crippen molar-refractivity contribution in [3.63, 3.8) is 0 Å². The summed E-state index contributed by atoms with van der Waals surface area (Å²) in [6.45, 7) is 10.6. The number of methoxy groups -OCH3 is 3. The molecule has 1 aliphatic heterocycles. The summed E-state index contributed by atoms with van der Waals surface area (Å²) in [6.07, 6.45) is -0.892. The summed E-state index contributed by atoms with van der Waals surface area (Å²) in [5.74, 6) is 2.18. The number of amides is 1. The summed E-state index contributed by atoms with van der Waals surface area (Å²) in [5.41, 5.74) is 4.48. The fourth-order valence-corrected chi connectivity index (χ4v) is 7.75. The molecule has 2 atom stereocenters. The highest BCUT2D eigenvalue weighted by Crippen LogP contribution is 2.46. The van der Waals surface area contributed by atoms with Crippen molar-refractivity contribution in [1.29, 1.82) is 0 Å². The van der Waals surface area contributed by atoms with Gasteiger partial charge in [0.05, 0.1) is 49.7 Å². The quantitative estimate of drug-likeness (QED) is 0.153. The van der Waals surface area contributed by atoms with Crippen LogP contribution in [0, 0.1) is 11.3 Å². The summed E-state index contributed by atoms with van der Waals surface area (Å²) in [6, 6.07) is 16.2. The standard InChI is InChI=1S/C43H46F3N5O5/c1-25(40-48-39(49-56-40)27-11-10-12-29(22-27)43(44,45)46)50-15-17-51(18-16-50)41(52)36-31-13-8-9-14-33(31)47-37-28(23-30(24-32(36)37)42(2,3)4)19-26-20-34(53-5)38(55-7)35(21-26)54-6/h8-14,19-22,25,30H,15-18,23-24H2,1-7H3/b28-19-. The SMILES string of the molecule is COc1cc(/C=C2/CC(C(C)(C)C)Cc3c2nc2ccccc2c3C(=O)N2CCN(C(C)c3nc(-c4cccc(C(F)(F)F)c4)no3)CC2)cc(OC)c1OC. The van der Waals surface area contributed by atoms with Gasteiger partial charge < -0.3 is 23.6 Å². The van der Waals surface area contributed by atoms with Gasteiger partial charge in [-0.25, -0.2) is 4.98 Å². The third-order valence-electron chi connectivity index (χ3n) is 11.1. The van der Waals surface area contributed by atoms with E-state index in [1.54, 1.807) is 21.3 Å². The molecule has 0 spiro atoms. The van der Waals surface area contributed by atoms with E-state index in [1.165, 1.54) is 12.1 Å². The number of hydrogen-bond acceptors (Lipinski definition) is 9. The van der Waals surface area contributed by atoms with Gasteiger partial charge in [0.2, 0.25) is 17.5 Å². The molecule has 1 amide bonds. The van der Waals surface area contributed by atoms with Crippen LogP contribution in [0.4, 0.5) is 13.2 Å². The van der Waals surface area contributed by atoms with Crippen LogP contribution in [0.2, 0.25) is 0 Å². The smallest absolute Gasteiger partial charge is 0.416 e. The van der Waals surface area contributed by atoms with Crippen molar-refractivity contribution >= 4 is 28.5 Å². The lowest BCUT2D eigenvalue weighted by Gasteiger charge is -2.39. The van der Waals surface area contributed by atoms with Gasteiger partial charge in [-0.15, -0.1) is 0 Å². The van der Waals surface area contributed by atoms with E-state index in [4.69, 9.17) is 23.7 Å². The third kappa shape index (κ3) is 7.56. The van der Waals surface area contributed by atoms with E-state index in [0.717, 1.165) is 51.9 Å². The average molecular weight is 770 g/mol. The molecule has 1 saturated heterocycles. The number of nitrogens with zero attached hydrogens (tertiary/aromatic N) is 5. The topological polar surface area (TPSA) is 103 Å². The maximum Gasteiger partial charge on any atom is 0.416 e. The largest absolute Gasteiger partial charge is 0.493 e. The Hall–Kier alpha value is -5.43. The number of halogens is 3. The van der Waals surface area contributed by atoms with Gasteiger partial charge in [-0.3, -0.25) is 9.69 Å². The Bertz CT molecular complexity index is 2260. The predicted octanol–water partition coefficient (Wildman–Crippen LogP) is 9.00. The minimum atomic E-state index is -4.48. The lowest BCUT2D eigenvalue weighted by atomic mass is 9.68. The van der Waals surface area contributed by atoms with E-state index in [1.807, 2.05) is 48.2 Å². The number of piperazine rings is 1. The molecule has 0 bridgehead atoms. The molecule has 10 nitrogen and oxygen atoms in total. The van der Waals surface area contributed by atoms with Crippen LogP contribution >= 0.6 is 0 Å². The lowest BCUT2D eigenvalue weighted by Crippen LogP contribution is -2.49. The highest BCUT2D eigenvalue weighted by atomic mass is 19.4. The summed E-state index contributed by atoms with van der Waals surface area (Å²) in [4.78, 5) is 28.5. The van der Waals surface area contributed by atoms with Gasteiger partial charge in [0.25, 0.3) is 5.91 Å². The van der Waals surface area contributed by atoms with Crippen molar-refractivity contribution in [3.8, 4) is 28.6 Å². The summed E-state index contributed by atoms with van der Waals surface area (Å²) in [5, 5.41) is 4.81. The number of benzene rings is 3. The monoisotopic (exact) mass is 769 g/mol. The molecule has 2 aromatic heterocycles. The number of alkyl halides is 3. The van der Waals surface area contributed by atoms with Crippen LogP contribution in [0.3, 0.4) is 0 Å². The second-order valence-corrected chi connectivity index (χ2v) is 15.5. The Kier molecular flexibility index (Phi) is 10.6. The first-order valence-corrected chi connectivity index (χ1v) is 18.7. The molecule has 2 unspecified atom stereocenters. The van der Waals surface area contributed by atoms with Crippen molar-refractivity contribution in [2.45, 2.75) is 52.8 Å². The molecule has 0 saturated carbocycles. The number of aromatic nitrogens is 3. The van der Waals surface area contributed by atoms with Crippen molar-refractivity contribution < 1.29 is 36.7 Å². The van der Waals surface area contributed by atoms with Crippen molar-refractivity contribution in [2.24, 2.45) is 11.3 Å². The van der Waals surface area contributed by atoms with Crippen LogP contribution in [0.25, 0.3) is 33.9 Å². The lowest BCUT2D eigenvalue weighted by molar-refractivity contribution is -0.137. The molecule has 1 fully saturated rings. The minimum Gasteiger partial charge on any atom is -0.493 e.